The summed E-state index contributed by atoms with van der Waals surface area (Å²) in [4.78, 5) is 5.29. The van der Waals surface area contributed by atoms with Gasteiger partial charge in [0, 0.05) is 34.9 Å². The van der Waals surface area contributed by atoms with E-state index in [1.807, 2.05) is 11.3 Å². The first-order valence-electron chi connectivity index (χ1n) is 6.27. The van der Waals surface area contributed by atoms with E-state index in [4.69, 9.17) is 0 Å². The van der Waals surface area contributed by atoms with Gasteiger partial charge in [0.25, 0.3) is 0 Å². The van der Waals surface area contributed by atoms with Gasteiger partial charge in [-0.25, -0.2) is 0 Å². The first kappa shape index (κ1) is 14.7. The highest BCUT2D eigenvalue weighted by atomic mass is 32.1. The minimum atomic E-state index is 0.219. The van der Waals surface area contributed by atoms with E-state index in [-0.39, 0.29) is 5.54 Å². The minimum absolute atomic E-state index is 0.219. The maximum Gasteiger partial charge on any atom is 0.0325 e. The Hall–Kier alpha value is -0.380. The highest BCUT2D eigenvalue weighted by Gasteiger charge is 2.09. The van der Waals surface area contributed by atoms with Gasteiger partial charge in [0.2, 0.25) is 0 Å². The largest absolute Gasteiger partial charge is 0.311 e. The Morgan fingerprint density at radius 2 is 1.94 bits per heavy atom. The molecule has 1 aromatic heterocycles. The molecule has 0 radical (unpaired) electrons. The standard InChI is InChI=1S/C14H26N2S/c1-11-9-13(17-12(11)2)10-16(6)8-7-15-14(3,4)5/h9,15H,7-8,10H2,1-6H3. The van der Waals surface area contributed by atoms with E-state index in [1.165, 1.54) is 15.3 Å². The molecule has 1 heterocycles. The molecule has 0 aromatic carbocycles. The summed E-state index contributed by atoms with van der Waals surface area (Å²) in [5.74, 6) is 0. The smallest absolute Gasteiger partial charge is 0.0325 e. The van der Waals surface area contributed by atoms with E-state index >= 15 is 0 Å². The number of hydrogen-bond donors (Lipinski definition) is 1. The van der Waals surface area contributed by atoms with Crippen molar-refractivity contribution in [2.75, 3.05) is 20.1 Å². The van der Waals surface area contributed by atoms with Crippen LogP contribution in [-0.4, -0.2) is 30.6 Å². The fourth-order valence-electron chi connectivity index (χ4n) is 1.69. The zero-order valence-electron chi connectivity index (χ0n) is 12.1. The third kappa shape index (κ3) is 5.66. The molecule has 0 saturated heterocycles. The molecule has 0 bridgehead atoms. The Bertz CT molecular complexity index is 330. The Labute approximate surface area is 110 Å². The minimum Gasteiger partial charge on any atom is -0.311 e. The number of nitrogens with one attached hydrogen (secondary N) is 1. The molecular formula is C14H26N2S. The second kappa shape index (κ2) is 5.98. The number of hydrogen-bond acceptors (Lipinski definition) is 3. The van der Waals surface area contributed by atoms with Crippen molar-refractivity contribution in [1.29, 1.82) is 0 Å². The number of likely N-dealkylation sites (N-methyl/N-ethyl adjacent to an activating group) is 1. The molecule has 0 aliphatic rings. The average molecular weight is 254 g/mol. The van der Waals surface area contributed by atoms with Crippen LogP contribution in [0.25, 0.3) is 0 Å². The molecule has 1 N–H and O–H groups in total. The molecule has 0 fully saturated rings. The first-order chi connectivity index (χ1) is 7.78. The number of thiophene rings is 1. The van der Waals surface area contributed by atoms with Crippen molar-refractivity contribution < 1.29 is 0 Å². The molecule has 3 heteroatoms. The Morgan fingerprint density at radius 1 is 1.29 bits per heavy atom. The molecule has 0 unspecified atom stereocenters. The summed E-state index contributed by atoms with van der Waals surface area (Å²) < 4.78 is 0. The lowest BCUT2D eigenvalue weighted by Gasteiger charge is -2.23. The van der Waals surface area contributed by atoms with Gasteiger partial charge in [0.15, 0.2) is 0 Å². The first-order valence-corrected chi connectivity index (χ1v) is 7.09. The second-order valence-corrected chi connectivity index (χ2v) is 7.21. The second-order valence-electron chi connectivity index (χ2n) is 5.87. The van der Waals surface area contributed by atoms with Crippen molar-refractivity contribution in [2.45, 2.75) is 46.7 Å². The zero-order valence-corrected chi connectivity index (χ0v) is 12.9. The van der Waals surface area contributed by atoms with Gasteiger partial charge < -0.3 is 10.2 Å². The normalized spacial score (nSPS) is 12.4. The monoisotopic (exact) mass is 254 g/mol. The highest BCUT2D eigenvalue weighted by Crippen LogP contribution is 2.21. The van der Waals surface area contributed by atoms with Crippen LogP contribution in [0.1, 0.15) is 36.1 Å². The topological polar surface area (TPSA) is 15.3 Å². The number of rotatable bonds is 5. The van der Waals surface area contributed by atoms with E-state index in [0.717, 1.165) is 19.6 Å². The number of aryl methyl sites for hydroxylation is 2. The number of nitrogens with zero attached hydrogens (tertiary/aromatic N) is 1. The van der Waals surface area contributed by atoms with E-state index in [0.29, 0.717) is 0 Å². The Balaban J connectivity index is 2.32. The molecule has 0 atom stereocenters. The molecule has 1 aromatic rings. The summed E-state index contributed by atoms with van der Waals surface area (Å²) in [6, 6.07) is 2.31. The van der Waals surface area contributed by atoms with Gasteiger partial charge in [-0.3, -0.25) is 0 Å². The summed E-state index contributed by atoms with van der Waals surface area (Å²) in [5.41, 5.74) is 1.64. The molecule has 1 rings (SSSR count). The van der Waals surface area contributed by atoms with Crippen LogP contribution in [0.5, 0.6) is 0 Å². The molecule has 2 nitrogen and oxygen atoms in total. The summed E-state index contributed by atoms with van der Waals surface area (Å²) in [6.07, 6.45) is 0. The van der Waals surface area contributed by atoms with Crippen molar-refractivity contribution in [3.63, 3.8) is 0 Å². The van der Waals surface area contributed by atoms with E-state index in [9.17, 15) is 0 Å². The van der Waals surface area contributed by atoms with Gasteiger partial charge in [-0.05, 0) is 53.3 Å². The Kier molecular flexibility index (Phi) is 5.17. The molecule has 0 aliphatic carbocycles. The molecule has 17 heavy (non-hydrogen) atoms. The van der Waals surface area contributed by atoms with Crippen LogP contribution in [-0.2, 0) is 6.54 Å². The van der Waals surface area contributed by atoms with Crippen molar-refractivity contribution >= 4 is 11.3 Å². The van der Waals surface area contributed by atoms with Crippen LogP contribution in [0.3, 0.4) is 0 Å². The Morgan fingerprint density at radius 3 is 2.41 bits per heavy atom. The molecule has 98 valence electrons. The quantitative estimate of drug-likeness (QED) is 0.868. The van der Waals surface area contributed by atoms with Crippen LogP contribution in [0.2, 0.25) is 0 Å². The summed E-state index contributed by atoms with van der Waals surface area (Å²) in [5, 5.41) is 3.52. The van der Waals surface area contributed by atoms with Gasteiger partial charge in [-0.1, -0.05) is 0 Å². The third-order valence-electron chi connectivity index (χ3n) is 2.79. The van der Waals surface area contributed by atoms with Crippen LogP contribution in [0.15, 0.2) is 6.07 Å². The van der Waals surface area contributed by atoms with E-state index < -0.39 is 0 Å². The molecule has 0 saturated carbocycles. The summed E-state index contributed by atoms with van der Waals surface area (Å²) in [7, 11) is 2.19. The fraction of sp³-hybridized carbons (Fsp3) is 0.714. The summed E-state index contributed by atoms with van der Waals surface area (Å²) in [6.45, 7) is 14.2. The maximum atomic E-state index is 3.52. The third-order valence-corrected chi connectivity index (χ3v) is 3.93. The lowest BCUT2D eigenvalue weighted by atomic mass is 10.1. The lowest BCUT2D eigenvalue weighted by Crippen LogP contribution is -2.40. The van der Waals surface area contributed by atoms with Gasteiger partial charge in [-0.2, -0.15) is 0 Å². The maximum absolute atomic E-state index is 3.52. The molecule has 0 amide bonds. The SMILES string of the molecule is Cc1cc(CN(C)CCNC(C)(C)C)sc1C. The zero-order chi connectivity index (χ0) is 13.1. The van der Waals surface area contributed by atoms with Crippen LogP contribution < -0.4 is 5.32 Å². The molecule has 0 spiro atoms. The fourth-order valence-corrected chi connectivity index (χ4v) is 2.83. The van der Waals surface area contributed by atoms with Crippen molar-refractivity contribution in [2.24, 2.45) is 0 Å². The average Bonchev–Trinajstić information content (AvgIpc) is 2.43. The van der Waals surface area contributed by atoms with Crippen molar-refractivity contribution in [3.8, 4) is 0 Å². The van der Waals surface area contributed by atoms with Crippen molar-refractivity contribution in [3.05, 3.63) is 21.4 Å². The van der Waals surface area contributed by atoms with Crippen molar-refractivity contribution in [1.82, 2.24) is 10.2 Å². The highest BCUT2D eigenvalue weighted by molar-refractivity contribution is 7.12. The summed E-state index contributed by atoms with van der Waals surface area (Å²) >= 11 is 1.92. The van der Waals surface area contributed by atoms with Gasteiger partial charge in [0.05, 0.1) is 0 Å². The van der Waals surface area contributed by atoms with E-state index in [1.54, 1.807) is 0 Å². The molecular weight excluding hydrogens is 228 g/mol. The van der Waals surface area contributed by atoms with Crippen LogP contribution in [0, 0.1) is 13.8 Å². The molecule has 0 aliphatic heterocycles. The van der Waals surface area contributed by atoms with Crippen LogP contribution in [0.4, 0.5) is 0 Å². The predicted octanol–water partition coefficient (Wildman–Crippen LogP) is 3.18. The predicted molar refractivity (Wildman–Crippen MR) is 77.9 cm³/mol. The van der Waals surface area contributed by atoms with Gasteiger partial charge in [0.1, 0.15) is 0 Å². The van der Waals surface area contributed by atoms with Crippen LogP contribution >= 0.6 is 11.3 Å². The van der Waals surface area contributed by atoms with E-state index in [2.05, 4.69) is 57.9 Å². The lowest BCUT2D eigenvalue weighted by molar-refractivity contribution is 0.305. The van der Waals surface area contributed by atoms with Gasteiger partial charge in [-0.15, -0.1) is 11.3 Å². The van der Waals surface area contributed by atoms with Gasteiger partial charge >= 0.3 is 0 Å².